The number of carbonyl (C=O) groups excluding carboxylic acids is 2. The molecule has 8 heteroatoms. The normalized spacial score (nSPS) is 36.0. The molecule has 5 atom stereocenters. The number of hydrogen-bond donors (Lipinski definition) is 1. The van der Waals surface area contributed by atoms with E-state index in [1.807, 2.05) is 0 Å². The van der Waals surface area contributed by atoms with Crippen molar-refractivity contribution < 1.29 is 26.9 Å². The summed E-state index contributed by atoms with van der Waals surface area (Å²) >= 11 is 0. The minimum atomic E-state index is -3.49. The molecule has 1 aliphatic heterocycles. The van der Waals surface area contributed by atoms with E-state index in [2.05, 4.69) is 11.9 Å². The molecule has 3 aliphatic rings. The zero-order valence-corrected chi connectivity index (χ0v) is 13.8. The molecule has 0 spiro atoms. The first-order valence-electron chi connectivity index (χ1n) is 7.85. The van der Waals surface area contributed by atoms with Gasteiger partial charge in [-0.1, -0.05) is 6.58 Å². The maximum Gasteiger partial charge on any atom is 0.306 e. The summed E-state index contributed by atoms with van der Waals surface area (Å²) in [5.74, 6) is -0.560. The minimum absolute atomic E-state index is 0.0299. The van der Waals surface area contributed by atoms with Crippen LogP contribution in [0.25, 0.3) is 0 Å². The second kappa shape index (κ2) is 5.90. The summed E-state index contributed by atoms with van der Waals surface area (Å²) in [5.41, 5.74) is 0.420. The standard InChI is InChI=1S/C15H21NO6S/c1-8(2)15(18)16-5-3-4-12(17)21-13-9-6-10-11(7-9)23(19,20)22-14(10)13/h9-11,13-14H,1,3-7H2,2H3,(H,16,18). The third-order valence-electron chi connectivity index (χ3n) is 4.91. The Balaban J connectivity index is 1.45. The van der Waals surface area contributed by atoms with Crippen molar-refractivity contribution in [1.82, 2.24) is 5.32 Å². The van der Waals surface area contributed by atoms with E-state index in [-0.39, 0.29) is 30.1 Å². The molecule has 3 rings (SSSR count). The van der Waals surface area contributed by atoms with Crippen LogP contribution in [0, 0.1) is 11.8 Å². The summed E-state index contributed by atoms with van der Waals surface area (Å²) < 4.78 is 34.3. The van der Waals surface area contributed by atoms with Gasteiger partial charge in [-0.15, -0.1) is 0 Å². The highest BCUT2D eigenvalue weighted by Crippen LogP contribution is 2.55. The fourth-order valence-corrected chi connectivity index (χ4v) is 5.72. The van der Waals surface area contributed by atoms with Crippen LogP contribution in [-0.4, -0.2) is 44.3 Å². The molecule has 1 N–H and O–H groups in total. The minimum Gasteiger partial charge on any atom is -0.459 e. The molecule has 2 aliphatic carbocycles. The summed E-state index contributed by atoms with van der Waals surface area (Å²) in [4.78, 5) is 23.2. The number of nitrogens with one attached hydrogen (secondary N) is 1. The number of ether oxygens (including phenoxy) is 1. The van der Waals surface area contributed by atoms with E-state index in [9.17, 15) is 18.0 Å². The fraction of sp³-hybridized carbons (Fsp3) is 0.733. The van der Waals surface area contributed by atoms with Crippen LogP contribution in [-0.2, 0) is 28.6 Å². The Hall–Kier alpha value is -1.41. The molecule has 128 valence electrons. The lowest BCUT2D eigenvalue weighted by Gasteiger charge is -2.24. The lowest BCUT2D eigenvalue weighted by Crippen LogP contribution is -2.37. The van der Waals surface area contributed by atoms with Crippen molar-refractivity contribution in [3.05, 3.63) is 12.2 Å². The molecule has 0 aromatic rings. The number of fused-ring (bicyclic) bond motifs is 1. The van der Waals surface area contributed by atoms with E-state index < -0.39 is 27.6 Å². The van der Waals surface area contributed by atoms with Gasteiger partial charge in [-0.3, -0.25) is 13.8 Å². The first-order valence-corrected chi connectivity index (χ1v) is 9.32. The van der Waals surface area contributed by atoms with Crippen LogP contribution in [0.2, 0.25) is 0 Å². The molecular weight excluding hydrogens is 322 g/mol. The van der Waals surface area contributed by atoms with E-state index in [1.165, 1.54) is 0 Å². The highest BCUT2D eigenvalue weighted by atomic mass is 32.2. The molecule has 1 heterocycles. The molecular formula is C15H21NO6S. The van der Waals surface area contributed by atoms with Crippen molar-refractivity contribution in [3.63, 3.8) is 0 Å². The van der Waals surface area contributed by atoms with Crippen molar-refractivity contribution in [1.29, 1.82) is 0 Å². The average Bonchev–Trinajstić information content (AvgIpc) is 3.07. The summed E-state index contributed by atoms with van der Waals surface area (Å²) in [5, 5.41) is 2.23. The topological polar surface area (TPSA) is 98.8 Å². The third-order valence-corrected chi connectivity index (χ3v) is 6.69. The lowest BCUT2D eigenvalue weighted by atomic mass is 9.94. The van der Waals surface area contributed by atoms with Crippen molar-refractivity contribution >= 4 is 22.0 Å². The van der Waals surface area contributed by atoms with E-state index in [1.54, 1.807) is 6.92 Å². The van der Waals surface area contributed by atoms with Gasteiger partial charge in [0.25, 0.3) is 10.1 Å². The predicted octanol–water partition coefficient (Wildman–Crippen LogP) is 0.508. The first-order chi connectivity index (χ1) is 10.8. The van der Waals surface area contributed by atoms with Crippen LogP contribution in [0.3, 0.4) is 0 Å². The quantitative estimate of drug-likeness (QED) is 0.326. The van der Waals surface area contributed by atoms with Crippen LogP contribution in [0.5, 0.6) is 0 Å². The first kappa shape index (κ1) is 16.4. The van der Waals surface area contributed by atoms with Crippen LogP contribution < -0.4 is 5.32 Å². The van der Waals surface area contributed by atoms with Crippen molar-refractivity contribution in [3.8, 4) is 0 Å². The second-order valence-corrected chi connectivity index (χ2v) is 8.37. The number of amides is 1. The molecule has 1 saturated heterocycles. The molecule has 23 heavy (non-hydrogen) atoms. The maximum absolute atomic E-state index is 11.9. The highest BCUT2D eigenvalue weighted by molar-refractivity contribution is 7.87. The molecule has 3 fully saturated rings. The monoisotopic (exact) mass is 343 g/mol. The SMILES string of the molecule is C=C(C)C(=O)NCCCC(=O)OC1C2CC3C1OS(=O)(=O)C3C2. The third kappa shape index (κ3) is 3.01. The number of esters is 1. The van der Waals surface area contributed by atoms with E-state index >= 15 is 0 Å². The Morgan fingerprint density at radius 2 is 2.09 bits per heavy atom. The van der Waals surface area contributed by atoms with Gasteiger partial charge in [0.05, 0.1) is 5.25 Å². The van der Waals surface area contributed by atoms with Crippen molar-refractivity contribution in [2.75, 3.05) is 6.54 Å². The summed E-state index contributed by atoms with van der Waals surface area (Å²) in [6, 6.07) is 0. The molecule has 1 amide bonds. The Kier molecular flexibility index (Phi) is 4.22. The molecule has 0 aromatic heterocycles. The van der Waals surface area contributed by atoms with E-state index in [0.717, 1.165) is 6.42 Å². The van der Waals surface area contributed by atoms with Gasteiger partial charge in [-0.25, -0.2) is 0 Å². The second-order valence-electron chi connectivity index (χ2n) is 6.58. The van der Waals surface area contributed by atoms with Gasteiger partial charge >= 0.3 is 5.97 Å². The number of rotatable bonds is 6. The highest BCUT2D eigenvalue weighted by Gasteiger charge is 2.65. The molecule has 0 aromatic carbocycles. The van der Waals surface area contributed by atoms with Crippen LogP contribution in [0.1, 0.15) is 32.6 Å². The largest absolute Gasteiger partial charge is 0.459 e. The summed E-state index contributed by atoms with van der Waals surface area (Å²) in [6.45, 7) is 5.51. The van der Waals surface area contributed by atoms with Crippen LogP contribution in [0.15, 0.2) is 12.2 Å². The number of hydrogen-bond acceptors (Lipinski definition) is 6. The van der Waals surface area contributed by atoms with E-state index in [0.29, 0.717) is 25.0 Å². The zero-order chi connectivity index (χ0) is 16.8. The van der Waals surface area contributed by atoms with Gasteiger partial charge in [0, 0.05) is 30.4 Å². The van der Waals surface area contributed by atoms with Gasteiger partial charge in [0.15, 0.2) is 0 Å². The van der Waals surface area contributed by atoms with E-state index in [4.69, 9.17) is 8.92 Å². The summed E-state index contributed by atoms with van der Waals surface area (Å²) in [7, 11) is -3.49. The Labute approximate surface area is 135 Å². The van der Waals surface area contributed by atoms with Crippen LogP contribution >= 0.6 is 0 Å². The predicted molar refractivity (Wildman–Crippen MR) is 80.7 cm³/mol. The molecule has 2 saturated carbocycles. The molecule has 7 nitrogen and oxygen atoms in total. The van der Waals surface area contributed by atoms with Crippen molar-refractivity contribution in [2.45, 2.75) is 50.1 Å². The van der Waals surface area contributed by atoms with Gasteiger partial charge < -0.3 is 10.1 Å². The van der Waals surface area contributed by atoms with Gasteiger partial charge in [-0.05, 0) is 26.2 Å². The van der Waals surface area contributed by atoms with Gasteiger partial charge in [0.2, 0.25) is 5.91 Å². The van der Waals surface area contributed by atoms with Crippen LogP contribution in [0.4, 0.5) is 0 Å². The van der Waals surface area contributed by atoms with Crippen molar-refractivity contribution in [2.24, 2.45) is 11.8 Å². The maximum atomic E-state index is 11.9. The van der Waals surface area contributed by atoms with Gasteiger partial charge in [0.1, 0.15) is 12.2 Å². The Morgan fingerprint density at radius 3 is 2.78 bits per heavy atom. The molecule has 2 bridgehead atoms. The lowest BCUT2D eigenvalue weighted by molar-refractivity contribution is -0.156. The van der Waals surface area contributed by atoms with Gasteiger partial charge in [-0.2, -0.15) is 8.42 Å². The summed E-state index contributed by atoms with van der Waals surface area (Å²) in [6.07, 6.45) is 0.956. The smallest absolute Gasteiger partial charge is 0.306 e. The molecule has 5 unspecified atom stereocenters. The Bertz CT molecular complexity index is 642. The zero-order valence-electron chi connectivity index (χ0n) is 13.0. The fourth-order valence-electron chi connectivity index (χ4n) is 3.84. The number of carbonyl (C=O) groups is 2. The molecule has 0 radical (unpaired) electrons. The average molecular weight is 343 g/mol. The Morgan fingerprint density at radius 1 is 1.35 bits per heavy atom.